The van der Waals surface area contributed by atoms with E-state index in [1.165, 1.54) is 32.2 Å². The number of ketones is 3. The first-order valence-electron chi connectivity index (χ1n) is 14.9. The first-order valence-corrected chi connectivity index (χ1v) is 14.9. The van der Waals surface area contributed by atoms with Crippen molar-refractivity contribution >= 4 is 36.1 Å². The van der Waals surface area contributed by atoms with E-state index in [9.17, 15) is 34.8 Å². The van der Waals surface area contributed by atoms with Gasteiger partial charge in [0, 0.05) is 49.0 Å². The third kappa shape index (κ3) is 5.65. The Hall–Kier alpha value is -3.59. The highest BCUT2D eigenvalue weighted by molar-refractivity contribution is 6.31. The number of phenolic OH excluding ortho intramolecular Hbond substituents is 2. The minimum absolute atomic E-state index is 0. The monoisotopic (exact) mass is 660 g/mol. The molecular formula is C32H37ClN2O11. The lowest BCUT2D eigenvalue weighted by Crippen LogP contribution is -2.49. The molecule has 0 radical (unpaired) electrons. The van der Waals surface area contributed by atoms with Gasteiger partial charge in [-0.05, 0) is 19.9 Å². The summed E-state index contributed by atoms with van der Waals surface area (Å²) >= 11 is 0. The quantitative estimate of drug-likeness (QED) is 0.171. The number of rotatable bonds is 6. The van der Waals surface area contributed by atoms with Gasteiger partial charge in [0.15, 0.2) is 17.9 Å². The van der Waals surface area contributed by atoms with Crippen LogP contribution in [0.5, 0.6) is 17.2 Å². The van der Waals surface area contributed by atoms with Crippen molar-refractivity contribution in [3.63, 3.8) is 0 Å². The fourth-order valence-corrected chi connectivity index (χ4v) is 6.62. The highest BCUT2D eigenvalue weighted by atomic mass is 35.5. The summed E-state index contributed by atoms with van der Waals surface area (Å²) in [6, 6.07) is 3.84. The molecule has 4 aliphatic rings. The van der Waals surface area contributed by atoms with Crippen LogP contribution in [0.1, 0.15) is 75.8 Å². The van der Waals surface area contributed by atoms with Gasteiger partial charge < -0.3 is 44.3 Å². The molecule has 0 aromatic heterocycles. The molecule has 2 aliphatic heterocycles. The summed E-state index contributed by atoms with van der Waals surface area (Å²) in [5.74, 6) is -3.17. The molecule has 6 atom stereocenters. The van der Waals surface area contributed by atoms with Crippen LogP contribution in [0.15, 0.2) is 23.2 Å². The van der Waals surface area contributed by atoms with E-state index < -0.39 is 82.6 Å². The summed E-state index contributed by atoms with van der Waals surface area (Å²) in [5, 5.41) is 45.4. The average Bonchev–Trinajstić information content (AvgIpc) is 3.02. The maximum absolute atomic E-state index is 13.8. The van der Waals surface area contributed by atoms with Crippen LogP contribution in [0.3, 0.4) is 0 Å². The number of morpholine rings is 1. The Kier molecular flexibility index (Phi) is 9.47. The van der Waals surface area contributed by atoms with E-state index in [1.807, 2.05) is 4.90 Å². The number of Topliss-reactive ketones (excluding diaryl/α,β-unsaturated/α-hetero) is 1. The number of halogens is 1. The fraction of sp³-hybridized carbons (Fsp3) is 0.500. The molecule has 14 heteroatoms. The topological polar surface area (TPSA) is 185 Å². The normalized spacial score (nSPS) is 29.1. The van der Waals surface area contributed by atoms with Crippen molar-refractivity contribution < 1.29 is 53.8 Å². The lowest BCUT2D eigenvalue weighted by atomic mass is 9.72. The molecule has 4 N–H and O–H groups in total. The van der Waals surface area contributed by atoms with E-state index >= 15 is 0 Å². The maximum atomic E-state index is 13.8. The van der Waals surface area contributed by atoms with Crippen molar-refractivity contribution in [3.05, 3.63) is 51.6 Å². The Balaban J connectivity index is 0.00000417. The molecule has 46 heavy (non-hydrogen) atoms. The second kappa shape index (κ2) is 12.9. The van der Waals surface area contributed by atoms with Crippen molar-refractivity contribution in [1.82, 2.24) is 4.90 Å². The lowest BCUT2D eigenvalue weighted by Gasteiger charge is -2.42. The lowest BCUT2D eigenvalue weighted by molar-refractivity contribution is -0.246. The van der Waals surface area contributed by atoms with Gasteiger partial charge in [-0.15, -0.1) is 12.4 Å². The molecule has 4 unspecified atom stereocenters. The Bertz CT molecular complexity index is 1590. The van der Waals surface area contributed by atoms with Crippen molar-refractivity contribution in [2.75, 3.05) is 33.4 Å². The van der Waals surface area contributed by atoms with Crippen LogP contribution < -0.4 is 4.74 Å². The Morgan fingerprint density at radius 3 is 2.48 bits per heavy atom. The van der Waals surface area contributed by atoms with Gasteiger partial charge in [-0.3, -0.25) is 19.4 Å². The van der Waals surface area contributed by atoms with Gasteiger partial charge in [-0.25, -0.2) is 0 Å². The zero-order valence-electron chi connectivity index (χ0n) is 25.6. The van der Waals surface area contributed by atoms with E-state index in [2.05, 4.69) is 4.99 Å². The Morgan fingerprint density at radius 1 is 1.11 bits per heavy atom. The number of fused-ring (bicyclic) bond motifs is 3. The molecule has 0 saturated carbocycles. The number of phenols is 2. The molecule has 0 bridgehead atoms. The molecular weight excluding hydrogens is 624 g/mol. The molecule has 13 nitrogen and oxygen atoms in total. The third-order valence-corrected chi connectivity index (χ3v) is 9.19. The zero-order chi connectivity index (χ0) is 32.2. The van der Waals surface area contributed by atoms with Crippen molar-refractivity contribution in [1.29, 1.82) is 0 Å². The molecule has 0 amide bonds. The number of aliphatic imine (C=N–C) groups is 1. The van der Waals surface area contributed by atoms with E-state index in [4.69, 9.17) is 18.9 Å². The van der Waals surface area contributed by atoms with Gasteiger partial charge >= 0.3 is 0 Å². The van der Waals surface area contributed by atoms with Crippen LogP contribution in [0.25, 0.3) is 0 Å². The van der Waals surface area contributed by atoms with Crippen molar-refractivity contribution in [2.24, 2.45) is 4.99 Å². The predicted molar refractivity (Wildman–Crippen MR) is 164 cm³/mol. The number of aliphatic hydroxyl groups is 2. The summed E-state index contributed by atoms with van der Waals surface area (Å²) < 4.78 is 22.9. The number of benzene rings is 2. The average molecular weight is 661 g/mol. The predicted octanol–water partition coefficient (Wildman–Crippen LogP) is 1.85. The van der Waals surface area contributed by atoms with Gasteiger partial charge in [0.2, 0.25) is 5.78 Å². The van der Waals surface area contributed by atoms with Gasteiger partial charge in [0.05, 0.1) is 61.6 Å². The molecule has 2 aromatic carbocycles. The van der Waals surface area contributed by atoms with Crippen molar-refractivity contribution in [3.8, 4) is 17.2 Å². The maximum Gasteiger partial charge on any atom is 0.202 e. The smallest absolute Gasteiger partial charge is 0.202 e. The van der Waals surface area contributed by atoms with E-state index in [0.29, 0.717) is 26.3 Å². The number of methoxy groups -OCH3 is 1. The molecule has 2 heterocycles. The second-order valence-corrected chi connectivity index (χ2v) is 12.0. The first kappa shape index (κ1) is 33.8. The molecule has 2 fully saturated rings. The number of hydrogen-bond acceptors (Lipinski definition) is 12. The molecule has 2 aromatic rings. The van der Waals surface area contributed by atoms with E-state index in [0.717, 1.165) is 0 Å². The number of carbonyl (C=O) groups is 3. The summed E-state index contributed by atoms with van der Waals surface area (Å²) in [4.78, 5) is 46.7. The van der Waals surface area contributed by atoms with E-state index in [1.54, 1.807) is 13.3 Å². The van der Waals surface area contributed by atoms with Gasteiger partial charge in [-0.2, -0.15) is 0 Å². The minimum atomic E-state index is -2.02. The summed E-state index contributed by atoms with van der Waals surface area (Å²) in [5.41, 5.74) is -3.06. The number of aromatic hydroxyl groups is 2. The van der Waals surface area contributed by atoms with Crippen LogP contribution in [-0.2, 0) is 25.4 Å². The number of aliphatic hydroxyl groups excluding tert-OH is 1. The number of hydrogen-bond donors (Lipinski definition) is 4. The molecule has 6 rings (SSSR count). The minimum Gasteiger partial charge on any atom is -0.507 e. The van der Waals surface area contributed by atoms with Crippen LogP contribution in [0, 0.1) is 0 Å². The molecule has 2 saturated heterocycles. The molecule has 2 aliphatic carbocycles. The van der Waals surface area contributed by atoms with Gasteiger partial charge in [-0.1, -0.05) is 12.1 Å². The Morgan fingerprint density at radius 2 is 1.80 bits per heavy atom. The SMILES string of the molecule is COc1cccc2c1C(=O)c1c(O)c3c(c(O)c1C2=O)CC(O)(C(C)=O)C[C@@H]3OC1C[C@@H](N=CN2CCOCC2)C(O)C(C)O1.Cl. The van der Waals surface area contributed by atoms with Crippen molar-refractivity contribution in [2.45, 2.75) is 69.4 Å². The van der Waals surface area contributed by atoms with Crippen LogP contribution in [0.4, 0.5) is 0 Å². The summed E-state index contributed by atoms with van der Waals surface area (Å²) in [7, 11) is 1.35. The van der Waals surface area contributed by atoms with E-state index in [-0.39, 0.29) is 53.3 Å². The highest BCUT2D eigenvalue weighted by Crippen LogP contribution is 2.52. The van der Waals surface area contributed by atoms with Crippen LogP contribution in [-0.4, -0.2) is 113 Å². The summed E-state index contributed by atoms with van der Waals surface area (Å²) in [6.45, 7) is 5.30. The van der Waals surface area contributed by atoms with Crippen LogP contribution in [0.2, 0.25) is 0 Å². The molecule has 248 valence electrons. The first-order chi connectivity index (χ1) is 21.4. The zero-order valence-corrected chi connectivity index (χ0v) is 26.4. The van der Waals surface area contributed by atoms with Crippen LogP contribution >= 0.6 is 12.4 Å². The Labute approximate surface area is 271 Å². The number of nitrogens with zero attached hydrogens (tertiary/aromatic N) is 2. The van der Waals surface area contributed by atoms with Gasteiger partial charge in [0.25, 0.3) is 0 Å². The third-order valence-electron chi connectivity index (χ3n) is 9.19. The summed E-state index contributed by atoms with van der Waals surface area (Å²) in [6.07, 6.45) is -2.92. The number of carbonyl (C=O) groups excluding carboxylic acids is 3. The fourth-order valence-electron chi connectivity index (χ4n) is 6.62. The van der Waals surface area contributed by atoms with Gasteiger partial charge in [0.1, 0.15) is 29.0 Å². The highest BCUT2D eigenvalue weighted by Gasteiger charge is 2.49. The standard InChI is InChI=1S/C32H36N2O11.ClH/c1-15-27(36)19(33-14-34-7-9-43-10-8-34)11-22(44-15)45-21-13-32(41,16(2)35)12-18-24(21)31(40)26-25(29(18)38)28(37)17-5-4-6-20(42-3)23(17)30(26)39;/h4-6,14-15,19,21-22,27,36,38,40-41H,7-13H2,1-3H3;1H/t15?,19-,21+,22?,27?,32?;/m1./s1. The molecule has 0 spiro atoms. The second-order valence-electron chi connectivity index (χ2n) is 12.0. The largest absolute Gasteiger partial charge is 0.507 e. The number of ether oxygens (including phenoxy) is 4.